The first-order valence-corrected chi connectivity index (χ1v) is 11.9. The molecule has 1 atom stereocenters. The fourth-order valence-electron chi connectivity index (χ4n) is 4.05. The van der Waals surface area contributed by atoms with E-state index in [0.29, 0.717) is 30.7 Å². The molecule has 2 aromatic carbocycles. The highest BCUT2D eigenvalue weighted by Crippen LogP contribution is 2.24. The third kappa shape index (κ3) is 4.87. The molecule has 0 saturated carbocycles. The lowest BCUT2D eigenvalue weighted by molar-refractivity contribution is 0.0369. The van der Waals surface area contributed by atoms with Crippen molar-refractivity contribution in [3.05, 3.63) is 65.7 Å². The molecule has 5 nitrogen and oxygen atoms in total. The van der Waals surface area contributed by atoms with Crippen molar-refractivity contribution in [2.24, 2.45) is 0 Å². The quantitative estimate of drug-likeness (QED) is 0.725. The summed E-state index contributed by atoms with van der Waals surface area (Å²) in [5.74, 6) is -0.310. The second-order valence-electron chi connectivity index (χ2n) is 7.89. The van der Waals surface area contributed by atoms with E-state index in [-0.39, 0.29) is 22.1 Å². The Balaban J connectivity index is 1.86. The standard InChI is InChI=1S/C23H30N2O3S/c1-4-20-16-24(14-15-25(20)18(2)3)23(26)21-12-8-9-13-22(21)29(27,28)17-19-10-6-5-7-11-19/h5-13,18,20H,4,14-17H2,1-3H3. The number of sulfone groups is 1. The molecule has 1 amide bonds. The normalized spacial score (nSPS) is 18.2. The molecule has 0 aliphatic carbocycles. The van der Waals surface area contributed by atoms with Crippen molar-refractivity contribution in [3.63, 3.8) is 0 Å². The summed E-state index contributed by atoms with van der Waals surface area (Å²) in [7, 11) is -3.63. The zero-order valence-corrected chi connectivity index (χ0v) is 18.2. The van der Waals surface area contributed by atoms with E-state index < -0.39 is 9.84 Å². The Bertz CT molecular complexity index is 942. The van der Waals surface area contributed by atoms with Gasteiger partial charge in [-0.1, -0.05) is 49.4 Å². The fourth-order valence-corrected chi connectivity index (χ4v) is 5.62. The van der Waals surface area contributed by atoms with Crippen molar-refractivity contribution in [2.75, 3.05) is 19.6 Å². The zero-order valence-electron chi connectivity index (χ0n) is 17.4. The summed E-state index contributed by atoms with van der Waals surface area (Å²) in [6, 6.07) is 16.4. The number of hydrogen-bond donors (Lipinski definition) is 0. The largest absolute Gasteiger partial charge is 0.336 e. The van der Waals surface area contributed by atoms with E-state index in [1.165, 1.54) is 0 Å². The molecule has 0 bridgehead atoms. The first-order valence-electron chi connectivity index (χ1n) is 10.2. The first kappa shape index (κ1) is 21.5. The number of nitrogens with zero attached hydrogens (tertiary/aromatic N) is 2. The van der Waals surface area contributed by atoms with Crippen molar-refractivity contribution in [1.82, 2.24) is 9.80 Å². The lowest BCUT2D eigenvalue weighted by Gasteiger charge is -2.43. The predicted molar refractivity (Wildman–Crippen MR) is 116 cm³/mol. The van der Waals surface area contributed by atoms with Crippen LogP contribution in [0, 0.1) is 0 Å². The van der Waals surface area contributed by atoms with E-state index in [2.05, 4.69) is 25.7 Å². The summed E-state index contributed by atoms with van der Waals surface area (Å²) in [5.41, 5.74) is 0.989. The van der Waals surface area contributed by atoms with Crippen LogP contribution in [0.2, 0.25) is 0 Å². The summed E-state index contributed by atoms with van der Waals surface area (Å²) < 4.78 is 26.2. The van der Waals surface area contributed by atoms with Gasteiger partial charge in [-0.25, -0.2) is 8.42 Å². The van der Waals surface area contributed by atoms with Gasteiger partial charge in [0.2, 0.25) is 0 Å². The molecule has 1 aliphatic rings. The molecular weight excluding hydrogens is 384 g/mol. The van der Waals surface area contributed by atoms with E-state index in [0.717, 1.165) is 13.0 Å². The molecule has 0 aromatic heterocycles. The second-order valence-corrected chi connectivity index (χ2v) is 9.84. The number of carbonyl (C=O) groups excluding carboxylic acids is 1. The van der Waals surface area contributed by atoms with Gasteiger partial charge in [-0.05, 0) is 38.0 Å². The highest BCUT2D eigenvalue weighted by atomic mass is 32.2. The molecule has 1 unspecified atom stereocenters. The molecule has 156 valence electrons. The van der Waals surface area contributed by atoms with Gasteiger partial charge in [-0.2, -0.15) is 0 Å². The third-order valence-corrected chi connectivity index (χ3v) is 7.34. The summed E-state index contributed by atoms with van der Waals surface area (Å²) in [5, 5.41) is 0. The van der Waals surface area contributed by atoms with Gasteiger partial charge in [0.25, 0.3) is 5.91 Å². The molecule has 1 heterocycles. The average Bonchev–Trinajstić information content (AvgIpc) is 2.73. The average molecular weight is 415 g/mol. The Labute approximate surface area is 174 Å². The Morgan fingerprint density at radius 3 is 2.34 bits per heavy atom. The number of carbonyl (C=O) groups is 1. The van der Waals surface area contributed by atoms with Crippen LogP contribution in [-0.2, 0) is 15.6 Å². The minimum Gasteiger partial charge on any atom is -0.336 e. The molecule has 0 N–H and O–H groups in total. The van der Waals surface area contributed by atoms with Crippen molar-refractivity contribution >= 4 is 15.7 Å². The molecule has 1 saturated heterocycles. The van der Waals surface area contributed by atoms with Gasteiger partial charge >= 0.3 is 0 Å². The van der Waals surface area contributed by atoms with E-state index in [4.69, 9.17) is 0 Å². The summed E-state index contributed by atoms with van der Waals surface area (Å²) in [6.07, 6.45) is 0.954. The smallest absolute Gasteiger partial charge is 0.255 e. The fraction of sp³-hybridized carbons (Fsp3) is 0.435. The zero-order chi connectivity index (χ0) is 21.0. The van der Waals surface area contributed by atoms with Gasteiger partial charge in [-0.15, -0.1) is 0 Å². The van der Waals surface area contributed by atoms with Crippen molar-refractivity contribution < 1.29 is 13.2 Å². The lowest BCUT2D eigenvalue weighted by atomic mass is 10.1. The topological polar surface area (TPSA) is 57.7 Å². The van der Waals surface area contributed by atoms with Crippen LogP contribution in [0.5, 0.6) is 0 Å². The summed E-state index contributed by atoms with van der Waals surface area (Å²) >= 11 is 0. The van der Waals surface area contributed by atoms with Crippen LogP contribution in [0.15, 0.2) is 59.5 Å². The van der Waals surface area contributed by atoms with Crippen LogP contribution in [0.1, 0.15) is 43.1 Å². The molecule has 2 aromatic rings. The Kier molecular flexibility index (Phi) is 6.75. The number of hydrogen-bond acceptors (Lipinski definition) is 4. The molecule has 0 radical (unpaired) electrons. The number of piperazine rings is 1. The van der Waals surface area contributed by atoms with E-state index >= 15 is 0 Å². The van der Waals surface area contributed by atoms with Gasteiger partial charge in [0, 0.05) is 31.7 Å². The van der Waals surface area contributed by atoms with E-state index in [1.54, 1.807) is 36.4 Å². The molecule has 6 heteroatoms. The van der Waals surface area contributed by atoms with E-state index in [9.17, 15) is 13.2 Å². The molecule has 1 fully saturated rings. The maximum atomic E-state index is 13.3. The number of benzene rings is 2. The molecule has 1 aliphatic heterocycles. The van der Waals surface area contributed by atoms with Gasteiger partial charge in [0.15, 0.2) is 9.84 Å². The minimum absolute atomic E-state index is 0.114. The molecule has 0 spiro atoms. The van der Waals surface area contributed by atoms with Crippen LogP contribution < -0.4 is 0 Å². The Morgan fingerprint density at radius 1 is 1.03 bits per heavy atom. The molecule has 3 rings (SSSR count). The van der Waals surface area contributed by atoms with Gasteiger partial charge in [0.05, 0.1) is 16.2 Å². The Hall–Kier alpha value is -2.18. The monoisotopic (exact) mass is 414 g/mol. The van der Waals surface area contributed by atoms with E-state index in [1.807, 2.05) is 23.1 Å². The summed E-state index contributed by atoms with van der Waals surface area (Å²) in [6.45, 7) is 8.52. The number of amides is 1. The maximum absolute atomic E-state index is 13.3. The van der Waals surface area contributed by atoms with Crippen LogP contribution in [-0.4, -0.2) is 55.8 Å². The van der Waals surface area contributed by atoms with Crippen LogP contribution in [0.4, 0.5) is 0 Å². The number of rotatable bonds is 6. The van der Waals surface area contributed by atoms with Crippen molar-refractivity contribution in [2.45, 2.75) is 49.9 Å². The Morgan fingerprint density at radius 2 is 1.69 bits per heavy atom. The van der Waals surface area contributed by atoms with Gasteiger partial charge < -0.3 is 4.90 Å². The molecule has 29 heavy (non-hydrogen) atoms. The van der Waals surface area contributed by atoms with Crippen molar-refractivity contribution in [3.8, 4) is 0 Å². The minimum atomic E-state index is -3.63. The van der Waals surface area contributed by atoms with Crippen LogP contribution >= 0.6 is 0 Å². The predicted octanol–water partition coefficient (Wildman–Crippen LogP) is 3.61. The van der Waals surface area contributed by atoms with Crippen LogP contribution in [0.3, 0.4) is 0 Å². The SMILES string of the molecule is CCC1CN(C(=O)c2ccccc2S(=O)(=O)Cc2ccccc2)CCN1C(C)C. The maximum Gasteiger partial charge on any atom is 0.255 e. The highest BCUT2D eigenvalue weighted by Gasteiger charge is 2.32. The second kappa shape index (κ2) is 9.09. The molecular formula is C23H30N2O3S. The van der Waals surface area contributed by atoms with Crippen molar-refractivity contribution in [1.29, 1.82) is 0 Å². The van der Waals surface area contributed by atoms with Crippen LogP contribution in [0.25, 0.3) is 0 Å². The summed E-state index contributed by atoms with van der Waals surface area (Å²) in [4.78, 5) is 17.6. The highest BCUT2D eigenvalue weighted by molar-refractivity contribution is 7.90. The van der Waals surface area contributed by atoms with Gasteiger partial charge in [-0.3, -0.25) is 9.69 Å². The first-order chi connectivity index (χ1) is 13.8. The third-order valence-electron chi connectivity index (χ3n) is 5.60. The lowest BCUT2D eigenvalue weighted by Crippen LogP contribution is -2.56. The van der Waals surface area contributed by atoms with Gasteiger partial charge in [0.1, 0.15) is 0 Å².